The summed E-state index contributed by atoms with van der Waals surface area (Å²) in [5.41, 5.74) is 0.509. The van der Waals surface area contributed by atoms with Gasteiger partial charge in [0.05, 0.1) is 12.4 Å². The maximum absolute atomic E-state index is 12.3. The van der Waals surface area contributed by atoms with Gasteiger partial charge in [0, 0.05) is 11.8 Å². The smallest absolute Gasteiger partial charge is 0.238 e. The highest BCUT2D eigenvalue weighted by molar-refractivity contribution is 7.93. The van der Waals surface area contributed by atoms with E-state index < -0.39 is 10.0 Å². The van der Waals surface area contributed by atoms with Crippen molar-refractivity contribution in [2.45, 2.75) is 37.4 Å². The largest absolute Gasteiger partial charge is 0.480 e. The Hall–Kier alpha value is -1.63. The van der Waals surface area contributed by atoms with Crippen molar-refractivity contribution in [3.63, 3.8) is 0 Å². The normalized spacial score (nSPS) is 16.6. The summed E-state index contributed by atoms with van der Waals surface area (Å²) in [6, 6.07) is 1.43. The number of rotatable bonds is 5. The van der Waals surface area contributed by atoms with Crippen molar-refractivity contribution >= 4 is 22.0 Å². The van der Waals surface area contributed by atoms with Crippen LogP contribution >= 0.6 is 0 Å². The van der Waals surface area contributed by atoms with E-state index in [9.17, 15) is 13.2 Å². The van der Waals surface area contributed by atoms with Crippen molar-refractivity contribution in [2.75, 3.05) is 11.8 Å². The van der Waals surface area contributed by atoms with Crippen LogP contribution in [-0.2, 0) is 10.0 Å². The molecule has 1 saturated carbocycles. The Morgan fingerprint density at radius 3 is 2.65 bits per heavy atom. The Morgan fingerprint density at radius 2 is 2.05 bits per heavy atom. The molecule has 0 aromatic carbocycles. The lowest BCUT2D eigenvalue weighted by atomic mass is 10.0. The molecule has 1 aromatic heterocycles. The Labute approximate surface area is 118 Å². The molecule has 1 N–H and O–H groups in total. The molecule has 0 atom stereocenters. The number of sulfonamides is 1. The van der Waals surface area contributed by atoms with Crippen LogP contribution in [0.5, 0.6) is 5.88 Å². The molecule has 1 heterocycles. The number of nitrogens with one attached hydrogen (secondary N) is 1. The third kappa shape index (κ3) is 3.27. The highest BCUT2D eigenvalue weighted by Gasteiger charge is 2.28. The molecule has 0 bridgehead atoms. The average Bonchev–Trinajstić information content (AvgIpc) is 2.47. The summed E-state index contributed by atoms with van der Waals surface area (Å²) in [6.07, 6.45) is 6.22. The molecule has 1 aliphatic rings. The Balaban J connectivity index is 2.25. The van der Waals surface area contributed by atoms with Gasteiger partial charge in [0.15, 0.2) is 6.29 Å². The summed E-state index contributed by atoms with van der Waals surface area (Å²) in [5.74, 6) is 0.162. The van der Waals surface area contributed by atoms with Gasteiger partial charge in [0.25, 0.3) is 0 Å². The van der Waals surface area contributed by atoms with Crippen molar-refractivity contribution in [1.82, 2.24) is 4.98 Å². The number of anilines is 1. The fraction of sp³-hybridized carbons (Fsp3) is 0.538. The number of aromatic nitrogens is 1. The first-order chi connectivity index (χ1) is 9.56. The van der Waals surface area contributed by atoms with Crippen LogP contribution in [0.3, 0.4) is 0 Å². The molecular weight excluding hydrogens is 280 g/mol. The fourth-order valence-corrected chi connectivity index (χ4v) is 3.95. The molecule has 20 heavy (non-hydrogen) atoms. The third-order valence-corrected chi connectivity index (χ3v) is 5.30. The van der Waals surface area contributed by atoms with Gasteiger partial charge >= 0.3 is 0 Å². The molecule has 1 aromatic rings. The lowest BCUT2D eigenvalue weighted by Crippen LogP contribution is -2.30. The van der Waals surface area contributed by atoms with Gasteiger partial charge in [-0.25, -0.2) is 13.4 Å². The summed E-state index contributed by atoms with van der Waals surface area (Å²) in [6.45, 7) is 0. The zero-order valence-corrected chi connectivity index (χ0v) is 12.1. The van der Waals surface area contributed by atoms with Crippen LogP contribution in [0.4, 0.5) is 5.69 Å². The predicted octanol–water partition coefficient (Wildman–Crippen LogP) is 1.98. The molecule has 0 aliphatic heterocycles. The van der Waals surface area contributed by atoms with E-state index in [0.717, 1.165) is 19.3 Å². The Bertz CT molecular complexity index is 580. The lowest BCUT2D eigenvalue weighted by molar-refractivity contribution is 0.112. The van der Waals surface area contributed by atoms with E-state index in [1.807, 2.05) is 0 Å². The highest BCUT2D eigenvalue weighted by Crippen LogP contribution is 2.28. The molecule has 1 aliphatic carbocycles. The number of ether oxygens (including phenoxy) is 1. The maximum Gasteiger partial charge on any atom is 0.238 e. The van der Waals surface area contributed by atoms with E-state index >= 15 is 0 Å². The molecule has 0 unspecified atom stereocenters. The topological polar surface area (TPSA) is 85.4 Å². The monoisotopic (exact) mass is 298 g/mol. The summed E-state index contributed by atoms with van der Waals surface area (Å²) in [4.78, 5) is 14.7. The Kier molecular flexibility index (Phi) is 4.59. The quantitative estimate of drug-likeness (QED) is 0.840. The molecule has 0 saturated heterocycles. The van der Waals surface area contributed by atoms with Gasteiger partial charge in [-0.3, -0.25) is 9.52 Å². The first kappa shape index (κ1) is 14.8. The Morgan fingerprint density at radius 1 is 1.35 bits per heavy atom. The zero-order valence-electron chi connectivity index (χ0n) is 11.3. The second-order valence-electron chi connectivity index (χ2n) is 4.85. The number of methoxy groups -OCH3 is 1. The molecule has 0 amide bonds. The summed E-state index contributed by atoms with van der Waals surface area (Å²) < 4.78 is 32.2. The van der Waals surface area contributed by atoms with Gasteiger partial charge in [-0.1, -0.05) is 19.3 Å². The third-order valence-electron chi connectivity index (χ3n) is 3.44. The van der Waals surface area contributed by atoms with Crippen molar-refractivity contribution in [3.8, 4) is 5.88 Å². The van der Waals surface area contributed by atoms with E-state index in [1.165, 1.54) is 19.4 Å². The van der Waals surface area contributed by atoms with Crippen molar-refractivity contribution in [2.24, 2.45) is 0 Å². The molecule has 0 radical (unpaired) electrons. The standard InChI is InChI=1S/C13H18N2O4S/c1-19-13-12(7-10(9-16)8-14-13)15-20(17,18)11-5-3-2-4-6-11/h7-9,11,15H,2-6H2,1H3. The van der Waals surface area contributed by atoms with Gasteiger partial charge in [0.2, 0.25) is 15.9 Å². The maximum atomic E-state index is 12.3. The van der Waals surface area contributed by atoms with Crippen LogP contribution < -0.4 is 9.46 Å². The minimum absolute atomic E-state index is 0.162. The van der Waals surface area contributed by atoms with Gasteiger partial charge < -0.3 is 4.74 Å². The van der Waals surface area contributed by atoms with E-state index in [2.05, 4.69) is 9.71 Å². The minimum Gasteiger partial charge on any atom is -0.480 e. The first-order valence-electron chi connectivity index (χ1n) is 6.57. The van der Waals surface area contributed by atoms with Crippen molar-refractivity contribution in [1.29, 1.82) is 0 Å². The highest BCUT2D eigenvalue weighted by atomic mass is 32.2. The second kappa shape index (κ2) is 6.21. The van der Waals surface area contributed by atoms with Crippen molar-refractivity contribution < 1.29 is 17.9 Å². The van der Waals surface area contributed by atoms with Crippen LogP contribution in [0.25, 0.3) is 0 Å². The molecule has 0 spiro atoms. The lowest BCUT2D eigenvalue weighted by Gasteiger charge is -2.22. The molecule has 7 heteroatoms. The number of hydrogen-bond donors (Lipinski definition) is 1. The summed E-state index contributed by atoms with van der Waals surface area (Å²) >= 11 is 0. The zero-order chi connectivity index (χ0) is 14.6. The predicted molar refractivity (Wildman–Crippen MR) is 75.6 cm³/mol. The molecule has 110 valence electrons. The number of hydrogen-bond acceptors (Lipinski definition) is 5. The van der Waals surface area contributed by atoms with E-state index in [1.54, 1.807) is 0 Å². The first-order valence-corrected chi connectivity index (χ1v) is 8.12. The van der Waals surface area contributed by atoms with Gasteiger partial charge in [0.1, 0.15) is 5.69 Å². The second-order valence-corrected chi connectivity index (χ2v) is 6.81. The SMILES string of the molecule is COc1ncc(C=O)cc1NS(=O)(=O)C1CCCCC1. The summed E-state index contributed by atoms with van der Waals surface area (Å²) in [7, 11) is -2.08. The number of nitrogens with zero attached hydrogens (tertiary/aromatic N) is 1. The van der Waals surface area contributed by atoms with E-state index in [-0.39, 0.29) is 16.8 Å². The van der Waals surface area contributed by atoms with E-state index in [4.69, 9.17) is 4.74 Å². The number of carbonyl (C=O) groups is 1. The number of carbonyl (C=O) groups excluding carboxylic acids is 1. The van der Waals surface area contributed by atoms with E-state index in [0.29, 0.717) is 24.7 Å². The summed E-state index contributed by atoms with van der Waals surface area (Å²) in [5, 5.41) is -0.388. The minimum atomic E-state index is -3.48. The van der Waals surface area contributed by atoms with Crippen LogP contribution in [0, 0.1) is 0 Å². The molecule has 2 rings (SSSR count). The number of pyridine rings is 1. The molecule has 6 nitrogen and oxygen atoms in total. The van der Waals surface area contributed by atoms with Crippen LogP contribution in [-0.4, -0.2) is 32.0 Å². The van der Waals surface area contributed by atoms with Crippen LogP contribution in [0.15, 0.2) is 12.3 Å². The fourth-order valence-electron chi connectivity index (χ4n) is 2.38. The van der Waals surface area contributed by atoms with Crippen LogP contribution in [0.2, 0.25) is 0 Å². The van der Waals surface area contributed by atoms with Crippen molar-refractivity contribution in [3.05, 3.63) is 17.8 Å². The van der Waals surface area contributed by atoms with Crippen LogP contribution in [0.1, 0.15) is 42.5 Å². The van der Waals surface area contributed by atoms with Gasteiger partial charge in [-0.15, -0.1) is 0 Å². The molecule has 1 fully saturated rings. The number of aldehydes is 1. The average molecular weight is 298 g/mol. The van der Waals surface area contributed by atoms with Gasteiger partial charge in [-0.05, 0) is 18.9 Å². The molecular formula is C13H18N2O4S. The van der Waals surface area contributed by atoms with Gasteiger partial charge in [-0.2, -0.15) is 0 Å².